The topological polar surface area (TPSA) is 65.0 Å². The molecule has 254 valence electrons. The molecule has 6 heterocycles. The molecule has 0 bridgehead atoms. The Bertz CT molecular complexity index is 2320. The normalized spacial score (nSPS) is 11.6. The van der Waals surface area contributed by atoms with Gasteiger partial charge in [0, 0.05) is 109 Å². The predicted octanol–water partition coefficient (Wildman–Crippen LogP) is 10.8. The zero-order valence-electron chi connectivity index (χ0n) is 29.1. The molecule has 8 rings (SSSR count). The maximum Gasteiger partial charge on any atom is 0.237 e. The van der Waals surface area contributed by atoms with Crippen LogP contribution in [0.15, 0.2) is 81.6 Å². The van der Waals surface area contributed by atoms with Crippen LogP contribution >= 0.6 is 45.3 Å². The molecule has 0 aliphatic heterocycles. The van der Waals surface area contributed by atoms with Gasteiger partial charge >= 0.3 is 0 Å². The zero-order chi connectivity index (χ0) is 34.8. The highest BCUT2D eigenvalue weighted by Gasteiger charge is 2.20. The fraction of sp³-hybridized carbons (Fsp3) is 0.211. The second-order valence-corrected chi connectivity index (χ2v) is 17.2. The van der Waals surface area contributed by atoms with E-state index < -0.39 is 0 Å². The summed E-state index contributed by atoms with van der Waals surface area (Å²) in [6.07, 6.45) is 0. The molecule has 0 saturated heterocycles. The molecule has 2 aromatic carbocycles. The summed E-state index contributed by atoms with van der Waals surface area (Å²) in [5.74, 6) is 1.30. The van der Waals surface area contributed by atoms with Crippen molar-refractivity contribution in [1.29, 1.82) is 0 Å². The van der Waals surface area contributed by atoms with E-state index in [0.29, 0.717) is 11.8 Å². The van der Waals surface area contributed by atoms with Gasteiger partial charge in [-0.05, 0) is 60.7 Å². The Morgan fingerprint density at radius 1 is 0.400 bits per heavy atom. The van der Waals surface area contributed by atoms with Crippen molar-refractivity contribution in [3.8, 4) is 50.8 Å². The maximum atomic E-state index is 6.32. The minimum atomic E-state index is 0.652. The smallest absolute Gasteiger partial charge is 0.237 e. The van der Waals surface area contributed by atoms with Crippen LogP contribution in [0.2, 0.25) is 0 Å². The predicted molar refractivity (Wildman–Crippen MR) is 218 cm³/mol. The lowest BCUT2D eigenvalue weighted by Crippen LogP contribution is -2.12. The van der Waals surface area contributed by atoms with Crippen molar-refractivity contribution < 1.29 is 8.83 Å². The Morgan fingerprint density at radius 3 is 1.00 bits per heavy atom. The van der Waals surface area contributed by atoms with Crippen LogP contribution < -0.4 is 19.6 Å². The van der Waals surface area contributed by atoms with Crippen LogP contribution in [0.1, 0.15) is 0 Å². The maximum absolute atomic E-state index is 6.32. The lowest BCUT2D eigenvalue weighted by Gasteiger charge is -2.17. The summed E-state index contributed by atoms with van der Waals surface area (Å²) in [4.78, 5) is 27.6. The van der Waals surface area contributed by atoms with Gasteiger partial charge in [0.15, 0.2) is 11.2 Å². The van der Waals surface area contributed by atoms with Gasteiger partial charge in [-0.1, -0.05) is 0 Å². The molecule has 0 amide bonds. The Kier molecular flexibility index (Phi) is 8.22. The van der Waals surface area contributed by atoms with Crippen LogP contribution in [0.5, 0.6) is 0 Å². The van der Waals surface area contributed by atoms with E-state index in [2.05, 4.69) is 92.4 Å². The minimum Gasteiger partial charge on any atom is -0.435 e. The van der Waals surface area contributed by atoms with Crippen LogP contribution in [0.25, 0.3) is 73.0 Å². The first-order valence-electron chi connectivity index (χ1n) is 16.0. The van der Waals surface area contributed by atoms with Gasteiger partial charge in [0.25, 0.3) is 0 Å². The summed E-state index contributed by atoms with van der Waals surface area (Å²) in [6, 6.07) is 25.9. The van der Waals surface area contributed by atoms with Crippen molar-refractivity contribution in [1.82, 2.24) is 9.97 Å². The molecule has 8 aromatic rings. The molecule has 0 atom stereocenters. The molecule has 0 N–H and O–H groups in total. The molecule has 0 spiro atoms. The minimum absolute atomic E-state index is 0.652. The van der Waals surface area contributed by atoms with Gasteiger partial charge < -0.3 is 28.4 Å². The summed E-state index contributed by atoms with van der Waals surface area (Å²) >= 11 is 7.05. The molecule has 8 nitrogen and oxygen atoms in total. The van der Waals surface area contributed by atoms with Crippen LogP contribution in [0.3, 0.4) is 0 Å². The van der Waals surface area contributed by atoms with Gasteiger partial charge in [-0.3, -0.25) is 0 Å². The second kappa shape index (κ2) is 12.6. The Balaban J connectivity index is 1.03. The number of nitrogens with zero attached hydrogens (tertiary/aromatic N) is 6. The number of rotatable bonds is 9. The van der Waals surface area contributed by atoms with Crippen LogP contribution in [0, 0.1) is 0 Å². The van der Waals surface area contributed by atoms with Crippen LogP contribution in [-0.2, 0) is 0 Å². The van der Waals surface area contributed by atoms with Gasteiger partial charge in [0.2, 0.25) is 11.8 Å². The standard InChI is InChI=1S/C38H36N6O2S4/c1-41(2)21-17-23(43(5)6)35-25(19-21)45-37(39-35)33-15-13-31(49-33)29-11-9-27(47-29)28-10-12-30(48-28)32-14-16-34(50-32)38-40-36-24(44(7)8)18-22(42(3)4)20-26(36)46-38/h9-20H,1-8H3. The van der Waals surface area contributed by atoms with Gasteiger partial charge in [-0.2, -0.15) is 0 Å². The fourth-order valence-electron chi connectivity index (χ4n) is 5.78. The Hall–Kier alpha value is -4.62. The van der Waals surface area contributed by atoms with Gasteiger partial charge in [-0.15, -0.1) is 45.3 Å². The summed E-state index contributed by atoms with van der Waals surface area (Å²) < 4.78 is 12.6. The molecule has 0 aliphatic carbocycles. The molecule has 0 aliphatic rings. The van der Waals surface area contributed by atoms with E-state index >= 15 is 0 Å². The molecule has 50 heavy (non-hydrogen) atoms. The van der Waals surface area contributed by atoms with Crippen molar-refractivity contribution in [2.24, 2.45) is 0 Å². The van der Waals surface area contributed by atoms with Crippen molar-refractivity contribution in [3.63, 3.8) is 0 Å². The van der Waals surface area contributed by atoms with Crippen LogP contribution in [-0.4, -0.2) is 66.3 Å². The quantitative estimate of drug-likeness (QED) is 0.145. The molecule has 0 fully saturated rings. The first kappa shape index (κ1) is 32.6. The number of anilines is 4. The lowest BCUT2D eigenvalue weighted by molar-refractivity contribution is 0.621. The average Bonchev–Trinajstić information content (AvgIpc) is 3.92. The number of hydrogen-bond acceptors (Lipinski definition) is 12. The van der Waals surface area contributed by atoms with Gasteiger partial charge in [0.1, 0.15) is 11.0 Å². The third-order valence-corrected chi connectivity index (χ3v) is 13.4. The van der Waals surface area contributed by atoms with E-state index in [1.165, 1.54) is 29.3 Å². The molecule has 12 heteroatoms. The molecular weight excluding hydrogens is 701 g/mol. The lowest BCUT2D eigenvalue weighted by atomic mass is 10.2. The largest absolute Gasteiger partial charge is 0.435 e. The van der Waals surface area contributed by atoms with E-state index in [9.17, 15) is 0 Å². The molecule has 0 unspecified atom stereocenters. The Labute approximate surface area is 307 Å². The molecule has 0 radical (unpaired) electrons. The highest BCUT2D eigenvalue weighted by molar-refractivity contribution is 7.29. The summed E-state index contributed by atoms with van der Waals surface area (Å²) in [6.45, 7) is 0. The summed E-state index contributed by atoms with van der Waals surface area (Å²) in [5, 5.41) is 0. The first-order valence-corrected chi connectivity index (χ1v) is 19.3. The highest BCUT2D eigenvalue weighted by atomic mass is 32.1. The van der Waals surface area contributed by atoms with E-state index in [1.54, 1.807) is 22.7 Å². The van der Waals surface area contributed by atoms with Crippen molar-refractivity contribution in [2.45, 2.75) is 0 Å². The summed E-state index contributed by atoms with van der Waals surface area (Å²) in [5.41, 5.74) is 7.58. The zero-order valence-corrected chi connectivity index (χ0v) is 32.3. The molecule has 6 aromatic heterocycles. The van der Waals surface area contributed by atoms with E-state index in [0.717, 1.165) is 54.7 Å². The molecule has 0 saturated carbocycles. The number of thiophene rings is 4. The van der Waals surface area contributed by atoms with Crippen molar-refractivity contribution in [3.05, 3.63) is 72.8 Å². The van der Waals surface area contributed by atoms with E-state index in [1.807, 2.05) is 79.1 Å². The monoisotopic (exact) mass is 736 g/mol. The first-order chi connectivity index (χ1) is 24.0. The highest BCUT2D eigenvalue weighted by Crippen LogP contribution is 2.46. The van der Waals surface area contributed by atoms with E-state index in [-0.39, 0.29) is 0 Å². The molecular formula is C38H36N6O2S4. The number of hydrogen-bond donors (Lipinski definition) is 0. The average molecular weight is 737 g/mol. The number of oxazole rings is 2. The second-order valence-electron chi connectivity index (χ2n) is 12.9. The van der Waals surface area contributed by atoms with Crippen molar-refractivity contribution in [2.75, 3.05) is 76.0 Å². The van der Waals surface area contributed by atoms with E-state index in [4.69, 9.17) is 18.8 Å². The summed E-state index contributed by atoms with van der Waals surface area (Å²) in [7, 11) is 16.3. The number of aromatic nitrogens is 2. The fourth-order valence-corrected chi connectivity index (χ4v) is 9.93. The van der Waals surface area contributed by atoms with Crippen molar-refractivity contribution >= 4 is 90.3 Å². The Morgan fingerprint density at radius 2 is 0.700 bits per heavy atom. The van der Waals surface area contributed by atoms with Gasteiger partial charge in [-0.25, -0.2) is 9.97 Å². The third-order valence-electron chi connectivity index (χ3n) is 8.49. The van der Waals surface area contributed by atoms with Crippen LogP contribution in [0.4, 0.5) is 22.7 Å². The third kappa shape index (κ3) is 5.85. The van der Waals surface area contributed by atoms with Gasteiger partial charge in [0.05, 0.1) is 21.1 Å². The SMILES string of the molecule is CN(C)c1cc(N(C)C)c2nc(-c3ccc(-c4ccc(-c5ccc(-c6ccc(-c7nc8c(N(C)C)cc(N(C)C)cc8o7)s6)s5)s4)s3)oc2c1. The number of fused-ring (bicyclic) bond motifs is 2. The number of benzene rings is 2.